The van der Waals surface area contributed by atoms with E-state index in [1.807, 2.05) is 32.9 Å². The number of benzene rings is 2. The number of rotatable bonds is 6. The molecule has 0 saturated heterocycles. The molecule has 1 atom stereocenters. The Bertz CT molecular complexity index is 1190. The fourth-order valence-electron chi connectivity index (χ4n) is 2.87. The number of ether oxygens (including phenoxy) is 1. The number of hydrogen-bond donors (Lipinski definition) is 1. The molecule has 3 aromatic rings. The smallest absolute Gasteiger partial charge is 0.282 e. The first-order valence-corrected chi connectivity index (χ1v) is 11.8. The van der Waals surface area contributed by atoms with Crippen LogP contribution in [0.15, 0.2) is 47.6 Å². The molecule has 0 aliphatic rings. The first-order chi connectivity index (χ1) is 14.3. The van der Waals surface area contributed by atoms with Crippen LogP contribution in [0.5, 0.6) is 11.5 Å². The third kappa shape index (κ3) is 4.48. The molecule has 0 aliphatic carbocycles. The van der Waals surface area contributed by atoms with Gasteiger partial charge in [-0.3, -0.25) is 4.79 Å². The van der Waals surface area contributed by atoms with E-state index in [0.717, 1.165) is 10.9 Å². The average Bonchev–Trinajstić information content (AvgIpc) is 2.74. The van der Waals surface area contributed by atoms with Crippen molar-refractivity contribution < 1.29 is 9.84 Å². The Balaban J connectivity index is 2.21. The van der Waals surface area contributed by atoms with Gasteiger partial charge in [-0.2, -0.15) is 9.78 Å². The summed E-state index contributed by atoms with van der Waals surface area (Å²) >= 11 is 10.2. The molecule has 158 valence electrons. The van der Waals surface area contributed by atoms with Crippen LogP contribution in [0.25, 0.3) is 10.9 Å². The lowest BCUT2D eigenvalue weighted by Gasteiger charge is -2.14. The quantitative estimate of drug-likeness (QED) is 0.342. The molecule has 6 nitrogen and oxygen atoms in total. The molecule has 1 heterocycles. The highest BCUT2D eigenvalue weighted by molar-refractivity contribution is 9.13. The third-order valence-electron chi connectivity index (χ3n) is 4.67. The molecular formula is C21H20Br3N3O3. The highest BCUT2D eigenvalue weighted by Crippen LogP contribution is 2.41. The number of hydrogen-bond acceptors (Lipinski definition) is 5. The lowest BCUT2D eigenvalue weighted by molar-refractivity contribution is 0.317. The van der Waals surface area contributed by atoms with E-state index in [2.05, 4.69) is 52.9 Å². The van der Waals surface area contributed by atoms with Gasteiger partial charge in [-0.1, -0.05) is 29.8 Å². The summed E-state index contributed by atoms with van der Waals surface area (Å²) in [6.45, 7) is 6.29. The molecule has 1 aromatic heterocycles. The Kier molecular flexibility index (Phi) is 7.36. The fraction of sp³-hybridized carbons (Fsp3) is 0.286. The molecular weight excluding hydrogens is 582 g/mol. The second-order valence-corrected chi connectivity index (χ2v) is 9.18. The Morgan fingerprint density at radius 3 is 2.63 bits per heavy atom. The SMILES string of the molecule is CCOc1cc(C=Nn2c([C@H](C)CC)nc3ccc(Br)cc3c2=O)c(Br)c(Br)c1O. The number of nitrogens with zero attached hydrogens (tertiary/aromatic N) is 3. The Morgan fingerprint density at radius 2 is 1.97 bits per heavy atom. The molecule has 0 fully saturated rings. The van der Waals surface area contributed by atoms with Crippen molar-refractivity contribution in [1.82, 2.24) is 9.66 Å². The van der Waals surface area contributed by atoms with Crippen LogP contribution in [0, 0.1) is 0 Å². The van der Waals surface area contributed by atoms with Gasteiger partial charge in [0.1, 0.15) is 5.82 Å². The van der Waals surface area contributed by atoms with Gasteiger partial charge >= 0.3 is 0 Å². The third-order valence-corrected chi connectivity index (χ3v) is 7.32. The van der Waals surface area contributed by atoms with Gasteiger partial charge in [-0.25, -0.2) is 4.98 Å². The molecule has 30 heavy (non-hydrogen) atoms. The van der Waals surface area contributed by atoms with Crippen molar-refractivity contribution in [1.29, 1.82) is 0 Å². The number of fused-ring (bicyclic) bond motifs is 1. The van der Waals surface area contributed by atoms with Crippen LogP contribution >= 0.6 is 47.8 Å². The summed E-state index contributed by atoms with van der Waals surface area (Å²) in [6, 6.07) is 7.10. The van der Waals surface area contributed by atoms with Gasteiger partial charge in [0.05, 0.1) is 28.2 Å². The molecule has 9 heteroatoms. The predicted octanol–water partition coefficient (Wildman–Crippen LogP) is 6.18. The van der Waals surface area contributed by atoms with Gasteiger partial charge in [-0.15, -0.1) is 0 Å². The van der Waals surface area contributed by atoms with Crippen LogP contribution in [0.4, 0.5) is 0 Å². The van der Waals surface area contributed by atoms with Gasteiger partial charge in [0.25, 0.3) is 5.56 Å². The van der Waals surface area contributed by atoms with Crippen molar-refractivity contribution >= 4 is 64.9 Å². The van der Waals surface area contributed by atoms with E-state index in [1.165, 1.54) is 4.68 Å². The maximum Gasteiger partial charge on any atom is 0.282 e. The van der Waals surface area contributed by atoms with Crippen LogP contribution in [0.1, 0.15) is 44.5 Å². The molecule has 2 aromatic carbocycles. The van der Waals surface area contributed by atoms with Crippen LogP contribution < -0.4 is 10.3 Å². The molecule has 0 saturated carbocycles. The van der Waals surface area contributed by atoms with E-state index in [9.17, 15) is 9.90 Å². The summed E-state index contributed by atoms with van der Waals surface area (Å²) in [4.78, 5) is 17.9. The lowest BCUT2D eigenvalue weighted by atomic mass is 10.1. The predicted molar refractivity (Wildman–Crippen MR) is 130 cm³/mol. The first-order valence-electron chi connectivity index (χ1n) is 9.38. The monoisotopic (exact) mass is 599 g/mol. The highest BCUT2D eigenvalue weighted by Gasteiger charge is 2.17. The molecule has 0 bridgehead atoms. The molecule has 0 spiro atoms. The standard InChI is InChI=1S/C21H20Br3N3O3/c1-4-11(3)20-26-15-7-6-13(22)9-14(15)21(29)27(20)25-10-12-8-16(30-5-2)19(28)18(24)17(12)23/h6-11,28H,4-5H2,1-3H3/t11-/m1/s1. The minimum Gasteiger partial charge on any atom is -0.503 e. The molecule has 0 unspecified atom stereocenters. The number of aromatic hydroxyl groups is 1. The van der Waals surface area contributed by atoms with Crippen molar-refractivity contribution in [3.8, 4) is 11.5 Å². The summed E-state index contributed by atoms with van der Waals surface area (Å²) in [6.07, 6.45) is 2.36. The van der Waals surface area contributed by atoms with Crippen molar-refractivity contribution in [3.05, 3.63) is 59.4 Å². The van der Waals surface area contributed by atoms with Crippen molar-refractivity contribution in [2.75, 3.05) is 6.61 Å². The molecule has 0 amide bonds. The summed E-state index contributed by atoms with van der Waals surface area (Å²) < 4.78 is 8.68. The number of phenols is 1. The summed E-state index contributed by atoms with van der Waals surface area (Å²) in [5.74, 6) is 0.948. The molecule has 0 aliphatic heterocycles. The maximum absolute atomic E-state index is 13.2. The van der Waals surface area contributed by atoms with E-state index in [1.54, 1.807) is 18.3 Å². The van der Waals surface area contributed by atoms with Crippen LogP contribution in [0.3, 0.4) is 0 Å². The Labute approximate surface area is 199 Å². The second-order valence-electron chi connectivity index (χ2n) is 6.68. The highest BCUT2D eigenvalue weighted by atomic mass is 79.9. The van der Waals surface area contributed by atoms with Gasteiger partial charge in [0, 0.05) is 20.4 Å². The molecule has 0 radical (unpaired) electrons. The minimum atomic E-state index is -0.244. The number of aromatic nitrogens is 2. The maximum atomic E-state index is 13.2. The zero-order chi connectivity index (χ0) is 22.0. The van der Waals surface area contributed by atoms with Gasteiger partial charge in [0.15, 0.2) is 11.5 Å². The largest absolute Gasteiger partial charge is 0.503 e. The van der Waals surface area contributed by atoms with Crippen molar-refractivity contribution in [3.63, 3.8) is 0 Å². The molecule has 1 N–H and O–H groups in total. The van der Waals surface area contributed by atoms with Crippen LogP contribution in [0.2, 0.25) is 0 Å². The summed E-state index contributed by atoms with van der Waals surface area (Å²) in [5, 5.41) is 15.2. The first kappa shape index (κ1) is 23.0. The summed E-state index contributed by atoms with van der Waals surface area (Å²) in [7, 11) is 0. The van der Waals surface area contributed by atoms with Gasteiger partial charge in [0.2, 0.25) is 0 Å². The Hall–Kier alpha value is -1.71. The number of halogens is 3. The Morgan fingerprint density at radius 1 is 1.23 bits per heavy atom. The average molecular weight is 602 g/mol. The minimum absolute atomic E-state index is 0.00411. The zero-order valence-electron chi connectivity index (χ0n) is 16.6. The normalized spacial score (nSPS) is 12.6. The van der Waals surface area contributed by atoms with E-state index in [4.69, 9.17) is 9.72 Å². The zero-order valence-corrected chi connectivity index (χ0v) is 21.4. The summed E-state index contributed by atoms with van der Waals surface area (Å²) in [5.41, 5.74) is 1.03. The van der Waals surface area contributed by atoms with Crippen molar-refractivity contribution in [2.45, 2.75) is 33.1 Å². The lowest BCUT2D eigenvalue weighted by Crippen LogP contribution is -2.23. The second kappa shape index (κ2) is 9.62. The van der Waals surface area contributed by atoms with Crippen molar-refractivity contribution in [2.24, 2.45) is 5.10 Å². The van der Waals surface area contributed by atoms with Gasteiger partial charge in [-0.05, 0) is 69.5 Å². The van der Waals surface area contributed by atoms with Crippen LogP contribution in [-0.2, 0) is 0 Å². The van der Waals surface area contributed by atoms with E-state index < -0.39 is 0 Å². The van der Waals surface area contributed by atoms with Crippen LogP contribution in [-0.4, -0.2) is 27.6 Å². The fourth-order valence-corrected chi connectivity index (χ4v) is 4.06. The molecule has 3 rings (SSSR count). The van der Waals surface area contributed by atoms with Gasteiger partial charge < -0.3 is 9.84 Å². The van der Waals surface area contributed by atoms with E-state index >= 15 is 0 Å². The number of phenolic OH excluding ortho intramolecular Hbond substituents is 1. The topological polar surface area (TPSA) is 76.7 Å². The van der Waals surface area contributed by atoms with E-state index in [0.29, 0.717) is 43.6 Å². The van der Waals surface area contributed by atoms with E-state index in [-0.39, 0.29) is 17.2 Å².